The van der Waals surface area contributed by atoms with Crippen LogP contribution >= 0.6 is 34.9 Å². The van der Waals surface area contributed by atoms with Gasteiger partial charge in [0.1, 0.15) is 5.82 Å². The van der Waals surface area contributed by atoms with Crippen LogP contribution in [0.2, 0.25) is 0 Å². The van der Waals surface area contributed by atoms with Gasteiger partial charge < -0.3 is 9.88 Å². The van der Waals surface area contributed by atoms with Gasteiger partial charge in [-0.1, -0.05) is 42.6 Å². The van der Waals surface area contributed by atoms with Gasteiger partial charge in [0.15, 0.2) is 9.50 Å². The fourth-order valence-electron chi connectivity index (χ4n) is 2.33. The maximum absolute atomic E-state index is 11.8. The Morgan fingerprint density at radius 3 is 2.85 bits per heavy atom. The van der Waals surface area contributed by atoms with Gasteiger partial charge in [-0.15, -0.1) is 21.5 Å². The lowest BCUT2D eigenvalue weighted by Gasteiger charge is -2.07. The summed E-state index contributed by atoms with van der Waals surface area (Å²) in [5, 5.41) is 12.2. The Labute approximate surface area is 165 Å². The molecular weight excluding hydrogens is 386 g/mol. The third kappa shape index (κ3) is 4.77. The van der Waals surface area contributed by atoms with Gasteiger partial charge in [-0.25, -0.2) is 4.98 Å². The molecule has 6 nitrogen and oxygen atoms in total. The minimum Gasteiger partial charge on any atom is -0.355 e. The van der Waals surface area contributed by atoms with Gasteiger partial charge in [0.2, 0.25) is 5.91 Å². The molecule has 0 unspecified atom stereocenters. The van der Waals surface area contributed by atoms with Crippen molar-refractivity contribution < 1.29 is 4.79 Å². The average molecular weight is 408 g/mol. The molecule has 0 spiro atoms. The summed E-state index contributed by atoms with van der Waals surface area (Å²) in [7, 11) is 0. The molecule has 1 aromatic carbocycles. The van der Waals surface area contributed by atoms with E-state index in [1.165, 1.54) is 16.5 Å². The van der Waals surface area contributed by atoms with Gasteiger partial charge in [-0.3, -0.25) is 4.79 Å². The SMILES string of the molecule is CCCNC(=O)CSc1nnc(CSc2nc3ccccc3s2)n1CC. The summed E-state index contributed by atoms with van der Waals surface area (Å²) < 4.78 is 4.30. The number of nitrogens with zero attached hydrogens (tertiary/aromatic N) is 4. The molecule has 26 heavy (non-hydrogen) atoms. The first-order valence-corrected chi connectivity index (χ1v) is 11.3. The zero-order valence-electron chi connectivity index (χ0n) is 14.8. The van der Waals surface area contributed by atoms with Crippen LogP contribution in [0.1, 0.15) is 26.1 Å². The van der Waals surface area contributed by atoms with Crippen molar-refractivity contribution in [2.24, 2.45) is 0 Å². The van der Waals surface area contributed by atoms with Crippen molar-refractivity contribution in [1.29, 1.82) is 0 Å². The number of hydrogen-bond donors (Lipinski definition) is 1. The average Bonchev–Trinajstić information content (AvgIpc) is 3.25. The third-order valence-electron chi connectivity index (χ3n) is 3.61. The predicted octanol–water partition coefficient (Wildman–Crippen LogP) is 3.82. The topological polar surface area (TPSA) is 72.7 Å². The minimum absolute atomic E-state index is 0.0351. The molecule has 0 saturated carbocycles. The van der Waals surface area contributed by atoms with Crippen molar-refractivity contribution in [2.75, 3.05) is 12.3 Å². The zero-order valence-corrected chi connectivity index (χ0v) is 17.2. The number of aromatic nitrogens is 4. The van der Waals surface area contributed by atoms with Gasteiger partial charge in [0.05, 0.1) is 21.7 Å². The molecule has 0 aliphatic heterocycles. The van der Waals surface area contributed by atoms with Crippen molar-refractivity contribution in [3.8, 4) is 0 Å². The Morgan fingerprint density at radius 1 is 1.23 bits per heavy atom. The fraction of sp³-hybridized carbons (Fsp3) is 0.412. The number of fused-ring (bicyclic) bond motifs is 1. The number of amides is 1. The van der Waals surface area contributed by atoms with Crippen LogP contribution in [0.25, 0.3) is 10.2 Å². The number of carbonyl (C=O) groups excluding carboxylic acids is 1. The highest BCUT2D eigenvalue weighted by Gasteiger charge is 2.14. The number of thiazole rings is 1. The lowest BCUT2D eigenvalue weighted by atomic mass is 10.3. The molecule has 2 heterocycles. The molecule has 1 amide bonds. The van der Waals surface area contributed by atoms with E-state index in [-0.39, 0.29) is 5.91 Å². The van der Waals surface area contributed by atoms with Crippen molar-refractivity contribution >= 4 is 51.0 Å². The van der Waals surface area contributed by atoms with Crippen molar-refractivity contribution in [2.45, 2.75) is 42.1 Å². The van der Waals surface area contributed by atoms with Gasteiger partial charge >= 0.3 is 0 Å². The summed E-state index contributed by atoms with van der Waals surface area (Å²) in [5.41, 5.74) is 1.03. The third-order valence-corrected chi connectivity index (χ3v) is 6.76. The Kier molecular flexibility index (Phi) is 6.93. The van der Waals surface area contributed by atoms with E-state index in [0.29, 0.717) is 18.1 Å². The first kappa shape index (κ1) is 19.2. The number of thioether (sulfide) groups is 2. The van der Waals surface area contributed by atoms with E-state index in [2.05, 4.69) is 38.1 Å². The van der Waals surface area contributed by atoms with Crippen LogP contribution in [0.3, 0.4) is 0 Å². The van der Waals surface area contributed by atoms with Gasteiger partial charge in [-0.2, -0.15) is 0 Å². The number of carbonyl (C=O) groups is 1. The number of para-hydroxylation sites is 1. The van der Waals surface area contributed by atoms with Crippen LogP contribution in [0.15, 0.2) is 33.8 Å². The van der Waals surface area contributed by atoms with E-state index in [9.17, 15) is 4.79 Å². The summed E-state index contributed by atoms with van der Waals surface area (Å²) in [6.07, 6.45) is 0.939. The maximum Gasteiger partial charge on any atom is 0.230 e. The van der Waals surface area contributed by atoms with Crippen LogP contribution in [0.5, 0.6) is 0 Å². The van der Waals surface area contributed by atoms with Crippen LogP contribution in [-0.4, -0.2) is 38.0 Å². The highest BCUT2D eigenvalue weighted by molar-refractivity contribution is 8.00. The standard InChI is InChI=1S/C17H21N5OS3/c1-3-9-18-15(23)11-24-16-21-20-14(22(16)4-2)10-25-17-19-12-7-5-6-8-13(12)26-17/h5-8H,3-4,9-11H2,1-2H3,(H,18,23). The largest absolute Gasteiger partial charge is 0.355 e. The normalized spacial score (nSPS) is 11.2. The Bertz CT molecular complexity index is 843. The molecule has 0 saturated heterocycles. The molecule has 0 aliphatic rings. The lowest BCUT2D eigenvalue weighted by molar-refractivity contribution is -0.118. The van der Waals surface area contributed by atoms with E-state index < -0.39 is 0 Å². The summed E-state index contributed by atoms with van der Waals surface area (Å²) in [6, 6.07) is 8.15. The summed E-state index contributed by atoms with van der Waals surface area (Å²) in [4.78, 5) is 16.4. The van der Waals surface area contributed by atoms with Crippen LogP contribution in [-0.2, 0) is 17.1 Å². The highest BCUT2D eigenvalue weighted by atomic mass is 32.2. The summed E-state index contributed by atoms with van der Waals surface area (Å²) in [5.74, 6) is 2.02. The first-order chi connectivity index (χ1) is 12.7. The molecule has 1 N–H and O–H groups in total. The fourth-order valence-corrected chi connectivity index (χ4v) is 5.19. The Balaban J connectivity index is 1.61. The minimum atomic E-state index is 0.0351. The zero-order chi connectivity index (χ0) is 18.4. The van der Waals surface area contributed by atoms with E-state index in [1.807, 2.05) is 25.1 Å². The molecule has 0 radical (unpaired) electrons. The van der Waals surface area contributed by atoms with Gasteiger partial charge in [0, 0.05) is 13.1 Å². The van der Waals surface area contributed by atoms with Crippen molar-refractivity contribution in [3.05, 3.63) is 30.1 Å². The first-order valence-electron chi connectivity index (χ1n) is 8.51. The molecule has 0 fully saturated rings. The van der Waals surface area contributed by atoms with E-state index in [0.717, 1.165) is 33.8 Å². The van der Waals surface area contributed by atoms with Crippen molar-refractivity contribution in [3.63, 3.8) is 0 Å². The predicted molar refractivity (Wildman–Crippen MR) is 109 cm³/mol. The quantitative estimate of drug-likeness (QED) is 0.544. The van der Waals surface area contributed by atoms with E-state index in [4.69, 9.17) is 0 Å². The lowest BCUT2D eigenvalue weighted by Crippen LogP contribution is -2.25. The molecule has 3 rings (SSSR count). The van der Waals surface area contributed by atoms with Gasteiger partial charge in [-0.05, 0) is 25.5 Å². The maximum atomic E-state index is 11.8. The molecule has 0 bridgehead atoms. The molecule has 138 valence electrons. The number of rotatable bonds is 9. The summed E-state index contributed by atoms with van der Waals surface area (Å²) in [6.45, 7) is 5.60. The molecule has 0 aliphatic carbocycles. The monoisotopic (exact) mass is 407 g/mol. The van der Waals surface area contributed by atoms with E-state index >= 15 is 0 Å². The van der Waals surface area contributed by atoms with Crippen LogP contribution in [0.4, 0.5) is 0 Å². The Hall–Kier alpha value is -1.58. The second-order valence-corrected chi connectivity index (χ2v) is 8.71. The Morgan fingerprint density at radius 2 is 2.08 bits per heavy atom. The smallest absolute Gasteiger partial charge is 0.230 e. The van der Waals surface area contributed by atoms with Crippen LogP contribution < -0.4 is 5.32 Å². The number of nitrogens with one attached hydrogen (secondary N) is 1. The molecule has 2 aromatic heterocycles. The highest BCUT2D eigenvalue weighted by Crippen LogP contribution is 2.31. The summed E-state index contributed by atoms with van der Waals surface area (Å²) >= 11 is 4.80. The van der Waals surface area contributed by atoms with E-state index in [1.54, 1.807) is 23.1 Å². The van der Waals surface area contributed by atoms with Crippen LogP contribution in [0, 0.1) is 0 Å². The second-order valence-electron chi connectivity index (χ2n) is 5.52. The molecule has 3 aromatic rings. The number of hydrogen-bond acceptors (Lipinski definition) is 7. The number of benzene rings is 1. The second kappa shape index (κ2) is 9.38. The molecule has 0 atom stereocenters. The molecular formula is C17H21N5OS3. The van der Waals surface area contributed by atoms with Crippen molar-refractivity contribution in [1.82, 2.24) is 25.1 Å². The molecule has 9 heteroatoms. The van der Waals surface area contributed by atoms with Gasteiger partial charge in [0.25, 0.3) is 0 Å².